The topological polar surface area (TPSA) is 112 Å². The Morgan fingerprint density at radius 1 is 1.24 bits per heavy atom. The molecule has 1 N–H and O–H groups in total. The summed E-state index contributed by atoms with van der Waals surface area (Å²) >= 11 is 6.03. The van der Waals surface area contributed by atoms with Crippen molar-refractivity contribution in [2.24, 2.45) is 0 Å². The molecule has 0 aliphatic carbocycles. The van der Waals surface area contributed by atoms with Crippen molar-refractivity contribution in [2.75, 3.05) is 24.5 Å². The quantitative estimate of drug-likeness (QED) is 0.411. The van der Waals surface area contributed by atoms with Crippen LogP contribution in [0.5, 0.6) is 0 Å². The van der Waals surface area contributed by atoms with E-state index < -0.39 is 4.92 Å². The van der Waals surface area contributed by atoms with Crippen molar-refractivity contribution in [3.63, 3.8) is 0 Å². The Morgan fingerprint density at radius 2 is 2.00 bits per heavy atom. The predicted molar refractivity (Wildman–Crippen MR) is 127 cm³/mol. The first-order valence-corrected chi connectivity index (χ1v) is 11.3. The number of benzene rings is 2. The van der Waals surface area contributed by atoms with Gasteiger partial charge in [0.25, 0.3) is 17.2 Å². The summed E-state index contributed by atoms with van der Waals surface area (Å²) in [6.45, 7) is 3.92. The zero-order valence-corrected chi connectivity index (χ0v) is 19.0. The average Bonchev–Trinajstić information content (AvgIpc) is 3.32. The fraction of sp³-hybridized carbons (Fsp3) is 0.348. The number of carbonyl (C=O) groups is 1. The number of nitro benzene ring substituents is 1. The van der Waals surface area contributed by atoms with Crippen LogP contribution < -0.4 is 10.5 Å². The first-order chi connectivity index (χ1) is 15.9. The van der Waals surface area contributed by atoms with Crippen molar-refractivity contribution >= 4 is 39.8 Å². The van der Waals surface area contributed by atoms with Gasteiger partial charge in [-0.3, -0.25) is 19.7 Å². The second kappa shape index (κ2) is 9.58. The number of carbonyl (C=O) groups excluding carboxylic acids is 1. The predicted octanol–water partition coefficient (Wildman–Crippen LogP) is 4.14. The summed E-state index contributed by atoms with van der Waals surface area (Å²) in [5, 5.41) is 12.6. The van der Waals surface area contributed by atoms with Crippen LogP contribution in [0.3, 0.4) is 0 Å². The first-order valence-electron chi connectivity index (χ1n) is 10.9. The number of anilines is 1. The van der Waals surface area contributed by atoms with Crippen molar-refractivity contribution in [3.8, 4) is 0 Å². The Morgan fingerprint density at radius 3 is 2.70 bits per heavy atom. The van der Waals surface area contributed by atoms with Crippen LogP contribution in [-0.2, 0) is 6.54 Å². The molecule has 172 valence electrons. The van der Waals surface area contributed by atoms with E-state index in [-0.39, 0.29) is 29.3 Å². The Balaban J connectivity index is 1.65. The number of rotatable bonds is 7. The maximum Gasteiger partial charge on any atom is 0.293 e. The number of aromatic nitrogens is 2. The van der Waals surface area contributed by atoms with Gasteiger partial charge in [0, 0.05) is 36.3 Å². The SMILES string of the molecule is CCCN(Cc1nc2cc(Cl)ccc2c(=O)[nH]1)C(=O)c1ccc(N2CCCC2)c([N+](=O)[O-])c1. The molecule has 0 saturated carbocycles. The summed E-state index contributed by atoms with van der Waals surface area (Å²) < 4.78 is 0. The number of nitrogens with one attached hydrogen (secondary N) is 1. The highest BCUT2D eigenvalue weighted by molar-refractivity contribution is 6.31. The van der Waals surface area contributed by atoms with Crippen molar-refractivity contribution in [3.05, 3.63) is 73.3 Å². The molecule has 10 heteroatoms. The summed E-state index contributed by atoms with van der Waals surface area (Å²) in [5.41, 5.74) is 0.806. The van der Waals surface area contributed by atoms with Gasteiger partial charge in [-0.1, -0.05) is 18.5 Å². The van der Waals surface area contributed by atoms with Gasteiger partial charge in [-0.2, -0.15) is 0 Å². The molecular formula is C23H24ClN5O4. The molecule has 1 aromatic heterocycles. The number of nitro groups is 1. The summed E-state index contributed by atoms with van der Waals surface area (Å²) in [7, 11) is 0. The van der Waals surface area contributed by atoms with E-state index in [1.165, 1.54) is 11.0 Å². The molecule has 2 aromatic carbocycles. The lowest BCUT2D eigenvalue weighted by atomic mass is 10.1. The van der Waals surface area contributed by atoms with Crippen molar-refractivity contribution in [1.82, 2.24) is 14.9 Å². The van der Waals surface area contributed by atoms with E-state index in [0.29, 0.717) is 40.4 Å². The highest BCUT2D eigenvalue weighted by Gasteiger charge is 2.25. The second-order valence-corrected chi connectivity index (χ2v) is 8.49. The molecule has 0 bridgehead atoms. The van der Waals surface area contributed by atoms with Crippen LogP contribution in [0.1, 0.15) is 42.4 Å². The largest absolute Gasteiger partial charge is 0.366 e. The smallest absolute Gasteiger partial charge is 0.293 e. The fourth-order valence-corrected chi connectivity index (χ4v) is 4.32. The number of H-pyrrole nitrogens is 1. The van der Waals surface area contributed by atoms with Gasteiger partial charge in [0.2, 0.25) is 0 Å². The minimum Gasteiger partial charge on any atom is -0.366 e. The number of hydrogen-bond donors (Lipinski definition) is 1. The molecule has 33 heavy (non-hydrogen) atoms. The fourth-order valence-electron chi connectivity index (χ4n) is 4.15. The minimum atomic E-state index is -0.444. The van der Waals surface area contributed by atoms with Gasteiger partial charge in [-0.05, 0) is 49.6 Å². The summed E-state index contributed by atoms with van der Waals surface area (Å²) in [5.74, 6) is -0.0403. The van der Waals surface area contributed by atoms with E-state index in [0.717, 1.165) is 25.9 Å². The van der Waals surface area contributed by atoms with Gasteiger partial charge in [-0.15, -0.1) is 0 Å². The van der Waals surface area contributed by atoms with Crippen molar-refractivity contribution in [1.29, 1.82) is 0 Å². The number of halogens is 1. The van der Waals surface area contributed by atoms with Gasteiger partial charge in [-0.25, -0.2) is 4.98 Å². The van der Waals surface area contributed by atoms with Crippen LogP contribution in [0.2, 0.25) is 5.02 Å². The zero-order valence-electron chi connectivity index (χ0n) is 18.2. The number of fused-ring (bicyclic) bond motifs is 1. The Hall–Kier alpha value is -3.46. The number of aromatic amines is 1. The van der Waals surface area contributed by atoms with Crippen LogP contribution >= 0.6 is 11.6 Å². The Bertz CT molecular complexity index is 1270. The molecule has 0 spiro atoms. The van der Waals surface area contributed by atoms with E-state index in [9.17, 15) is 19.7 Å². The Kier molecular flexibility index (Phi) is 6.60. The molecule has 0 unspecified atom stereocenters. The van der Waals surface area contributed by atoms with Gasteiger partial charge < -0.3 is 14.8 Å². The normalized spacial score (nSPS) is 13.5. The summed E-state index contributed by atoms with van der Waals surface area (Å²) in [6, 6.07) is 9.44. The van der Waals surface area contributed by atoms with Gasteiger partial charge in [0.1, 0.15) is 11.5 Å². The third-order valence-electron chi connectivity index (χ3n) is 5.70. The zero-order chi connectivity index (χ0) is 23.5. The van der Waals surface area contributed by atoms with Gasteiger partial charge >= 0.3 is 0 Å². The van der Waals surface area contributed by atoms with Crippen molar-refractivity contribution in [2.45, 2.75) is 32.7 Å². The van der Waals surface area contributed by atoms with E-state index in [2.05, 4.69) is 9.97 Å². The molecule has 0 radical (unpaired) electrons. The third-order valence-corrected chi connectivity index (χ3v) is 5.94. The molecule has 1 amide bonds. The van der Waals surface area contributed by atoms with E-state index in [4.69, 9.17) is 11.6 Å². The first kappa shape index (κ1) is 22.7. The molecule has 2 heterocycles. The maximum atomic E-state index is 13.3. The van der Waals surface area contributed by atoms with Crippen LogP contribution in [0.25, 0.3) is 10.9 Å². The lowest BCUT2D eigenvalue weighted by Gasteiger charge is -2.23. The van der Waals surface area contributed by atoms with Crippen LogP contribution in [-0.4, -0.2) is 45.3 Å². The molecular weight excluding hydrogens is 446 g/mol. The molecule has 4 rings (SSSR count). The highest BCUT2D eigenvalue weighted by atomic mass is 35.5. The van der Waals surface area contributed by atoms with Gasteiger partial charge in [0.15, 0.2) is 0 Å². The van der Waals surface area contributed by atoms with E-state index >= 15 is 0 Å². The molecule has 9 nitrogen and oxygen atoms in total. The monoisotopic (exact) mass is 469 g/mol. The second-order valence-electron chi connectivity index (χ2n) is 8.06. The van der Waals surface area contributed by atoms with E-state index in [1.807, 2.05) is 11.8 Å². The van der Waals surface area contributed by atoms with Gasteiger partial charge in [0.05, 0.1) is 22.4 Å². The number of hydrogen-bond acceptors (Lipinski definition) is 6. The Labute approximate surface area is 195 Å². The highest BCUT2D eigenvalue weighted by Crippen LogP contribution is 2.32. The number of nitrogens with zero attached hydrogens (tertiary/aromatic N) is 4. The minimum absolute atomic E-state index is 0.0615. The maximum absolute atomic E-state index is 13.3. The molecule has 1 aliphatic rings. The summed E-state index contributed by atoms with van der Waals surface area (Å²) in [4.78, 5) is 47.7. The summed E-state index contributed by atoms with van der Waals surface area (Å²) in [6.07, 6.45) is 2.65. The van der Waals surface area contributed by atoms with E-state index in [1.54, 1.807) is 30.3 Å². The van der Waals surface area contributed by atoms with Crippen LogP contribution in [0, 0.1) is 10.1 Å². The lowest BCUT2D eigenvalue weighted by Crippen LogP contribution is -2.33. The molecule has 1 fully saturated rings. The lowest BCUT2D eigenvalue weighted by molar-refractivity contribution is -0.384. The van der Waals surface area contributed by atoms with Crippen LogP contribution in [0.15, 0.2) is 41.2 Å². The third kappa shape index (κ3) is 4.83. The van der Waals surface area contributed by atoms with Crippen molar-refractivity contribution < 1.29 is 9.72 Å². The van der Waals surface area contributed by atoms with Crippen LogP contribution in [0.4, 0.5) is 11.4 Å². The standard InChI is InChI=1S/C23H24ClN5O4/c1-2-9-28(14-21-25-18-13-16(24)6-7-17(18)22(30)26-21)23(31)15-5-8-19(20(12-15)29(32)33)27-10-3-4-11-27/h5-8,12-13H,2-4,9-11,14H2,1H3,(H,25,26,30). The molecule has 1 saturated heterocycles. The molecule has 1 aliphatic heterocycles. The molecule has 0 atom stereocenters. The molecule has 3 aromatic rings. The number of amides is 1. The average molecular weight is 470 g/mol.